The van der Waals surface area contributed by atoms with Crippen molar-refractivity contribution in [3.63, 3.8) is 0 Å². The number of para-hydroxylation sites is 2. The maximum atomic E-state index is 14.2. The Morgan fingerprint density at radius 2 is 1.04 bits per heavy atom. The summed E-state index contributed by atoms with van der Waals surface area (Å²) in [6.07, 6.45) is 1.81. The average Bonchev–Trinajstić information content (AvgIpc) is 3.03. The van der Waals surface area contributed by atoms with Gasteiger partial charge in [0.1, 0.15) is 23.3 Å². The number of nitrogens with two attached hydrogens (primary N) is 1. The zero-order valence-corrected chi connectivity index (χ0v) is 27.5. The number of anilines is 2. The normalized spacial score (nSPS) is 11.2. The summed E-state index contributed by atoms with van der Waals surface area (Å²) >= 11 is 0. The van der Waals surface area contributed by atoms with Gasteiger partial charge in [0.05, 0.1) is 56.2 Å². The van der Waals surface area contributed by atoms with Gasteiger partial charge in [-0.05, 0) is 42.5 Å². The Morgan fingerprint density at radius 1 is 0.646 bits per heavy atom. The summed E-state index contributed by atoms with van der Waals surface area (Å²) < 4.78 is 110. The SMILES string of the molecule is COC(=O)c1ccc(CN(c2ccccc2F)S(C)(=O)=O)c(F)c1.CS(=O)(=O)N(Cc1ccc(C(=O)CN)cc1F)c1ccccc1F. The van der Waals surface area contributed by atoms with Gasteiger partial charge >= 0.3 is 5.97 Å². The maximum Gasteiger partial charge on any atom is 0.337 e. The van der Waals surface area contributed by atoms with Crippen molar-refractivity contribution in [3.05, 3.63) is 130 Å². The lowest BCUT2D eigenvalue weighted by Gasteiger charge is -2.23. The van der Waals surface area contributed by atoms with E-state index >= 15 is 0 Å². The fourth-order valence-corrected chi connectivity index (χ4v) is 6.02. The van der Waals surface area contributed by atoms with E-state index in [0.29, 0.717) is 0 Å². The highest BCUT2D eigenvalue weighted by atomic mass is 32.2. The van der Waals surface area contributed by atoms with Crippen molar-refractivity contribution in [2.24, 2.45) is 5.73 Å². The van der Waals surface area contributed by atoms with Gasteiger partial charge in [-0.3, -0.25) is 13.4 Å². The van der Waals surface area contributed by atoms with E-state index in [2.05, 4.69) is 4.74 Å². The minimum absolute atomic E-state index is 0.00340. The molecule has 0 saturated heterocycles. The van der Waals surface area contributed by atoms with Crippen LogP contribution in [0.15, 0.2) is 84.9 Å². The molecule has 0 aliphatic carbocycles. The molecule has 0 radical (unpaired) electrons. The van der Waals surface area contributed by atoms with Crippen LogP contribution in [-0.2, 0) is 37.9 Å². The second kappa shape index (κ2) is 15.9. The minimum Gasteiger partial charge on any atom is -0.465 e. The van der Waals surface area contributed by atoms with E-state index in [-0.39, 0.29) is 40.2 Å². The molecule has 0 spiro atoms. The van der Waals surface area contributed by atoms with Crippen LogP contribution in [-0.4, -0.2) is 54.8 Å². The molecular formula is C32H31F4N3O7S2. The highest BCUT2D eigenvalue weighted by molar-refractivity contribution is 7.92. The molecule has 0 saturated carbocycles. The van der Waals surface area contributed by atoms with Gasteiger partial charge in [-0.2, -0.15) is 0 Å². The predicted molar refractivity (Wildman–Crippen MR) is 172 cm³/mol. The number of hydrogen-bond acceptors (Lipinski definition) is 8. The number of methoxy groups -OCH3 is 1. The van der Waals surface area contributed by atoms with Crippen LogP contribution >= 0.6 is 0 Å². The van der Waals surface area contributed by atoms with Gasteiger partial charge in [0.15, 0.2) is 5.78 Å². The Hall–Kier alpha value is -4.80. The fourth-order valence-electron chi connectivity index (χ4n) is 4.27. The van der Waals surface area contributed by atoms with Gasteiger partial charge in [-0.15, -0.1) is 0 Å². The molecule has 10 nitrogen and oxygen atoms in total. The first-order chi connectivity index (χ1) is 22.5. The lowest BCUT2D eigenvalue weighted by atomic mass is 10.1. The third kappa shape index (κ3) is 9.62. The second-order valence-corrected chi connectivity index (χ2v) is 14.0. The van der Waals surface area contributed by atoms with Crippen LogP contribution in [0.4, 0.5) is 28.9 Å². The number of benzene rings is 4. The number of ether oxygens (including phenoxy) is 1. The standard InChI is InChI=1S/C16H16F2N2O3S.C16H15F2NO4S/c1-24(22,23)20(15-5-3-2-4-13(15)17)10-12-7-6-11(8-14(12)18)16(21)9-19;1-23-16(20)11-7-8-12(14(18)9-11)10-19(24(2,21)22)15-6-4-3-5-13(15)17/h2-8H,9-10,19H2,1H3;3-9H,10H2,1-2H3. The van der Waals surface area contributed by atoms with Gasteiger partial charge in [-0.1, -0.05) is 42.5 Å². The summed E-state index contributed by atoms with van der Waals surface area (Å²) in [6, 6.07) is 17.8. The van der Waals surface area contributed by atoms with E-state index in [0.717, 1.165) is 52.5 Å². The van der Waals surface area contributed by atoms with Crippen molar-refractivity contribution in [2.45, 2.75) is 13.1 Å². The number of rotatable bonds is 11. The summed E-state index contributed by atoms with van der Waals surface area (Å²) in [6.45, 7) is -1.07. The summed E-state index contributed by atoms with van der Waals surface area (Å²) in [5.41, 5.74) is 4.96. The van der Waals surface area contributed by atoms with Crippen LogP contribution in [0, 0.1) is 23.3 Å². The van der Waals surface area contributed by atoms with Crippen LogP contribution in [0.3, 0.4) is 0 Å². The molecule has 4 rings (SSSR count). The summed E-state index contributed by atoms with van der Waals surface area (Å²) in [5, 5.41) is 0. The summed E-state index contributed by atoms with van der Waals surface area (Å²) in [7, 11) is -6.53. The zero-order chi connectivity index (χ0) is 35.8. The first-order valence-electron chi connectivity index (χ1n) is 13.8. The Labute approximate surface area is 275 Å². The van der Waals surface area contributed by atoms with E-state index in [1.54, 1.807) is 0 Å². The molecule has 0 heterocycles. The second-order valence-electron chi connectivity index (χ2n) is 10.2. The molecule has 0 aromatic heterocycles. The zero-order valence-electron chi connectivity index (χ0n) is 25.9. The van der Waals surface area contributed by atoms with Gasteiger partial charge < -0.3 is 10.5 Å². The van der Waals surface area contributed by atoms with Crippen molar-refractivity contribution in [1.82, 2.24) is 0 Å². The quantitative estimate of drug-likeness (QED) is 0.133. The molecule has 0 atom stereocenters. The molecule has 0 unspecified atom stereocenters. The minimum atomic E-state index is -3.85. The number of carbonyl (C=O) groups excluding carboxylic acids is 2. The molecule has 0 aliphatic heterocycles. The Bertz CT molecular complexity index is 1880. The molecule has 0 amide bonds. The van der Waals surface area contributed by atoms with Crippen LogP contribution in [0.2, 0.25) is 0 Å². The van der Waals surface area contributed by atoms with E-state index in [9.17, 15) is 44.0 Å². The lowest BCUT2D eigenvalue weighted by molar-refractivity contribution is 0.0600. The molecular weight excluding hydrogens is 678 g/mol. The molecule has 0 aliphatic rings. The number of carbonyl (C=O) groups is 2. The maximum absolute atomic E-state index is 14.2. The smallest absolute Gasteiger partial charge is 0.337 e. The largest absolute Gasteiger partial charge is 0.465 e. The van der Waals surface area contributed by atoms with Gasteiger partial charge in [0, 0.05) is 16.7 Å². The van der Waals surface area contributed by atoms with Crippen molar-refractivity contribution in [2.75, 3.05) is 34.8 Å². The molecule has 2 N–H and O–H groups in total. The number of halogens is 4. The Balaban J connectivity index is 0.000000260. The van der Waals surface area contributed by atoms with Crippen molar-refractivity contribution >= 4 is 43.2 Å². The molecule has 256 valence electrons. The fraction of sp³-hybridized carbons (Fsp3) is 0.188. The van der Waals surface area contributed by atoms with Crippen LogP contribution in [0.1, 0.15) is 31.8 Å². The van der Waals surface area contributed by atoms with Crippen LogP contribution in [0.5, 0.6) is 0 Å². The summed E-state index contributed by atoms with van der Waals surface area (Å²) in [4.78, 5) is 22.9. The van der Waals surface area contributed by atoms with Crippen molar-refractivity contribution < 1.29 is 48.7 Å². The number of sulfonamides is 2. The first-order valence-corrected chi connectivity index (χ1v) is 17.5. The molecule has 4 aromatic carbocycles. The predicted octanol–water partition coefficient (Wildman–Crippen LogP) is 4.79. The summed E-state index contributed by atoms with van der Waals surface area (Å²) in [5.74, 6) is -4.18. The first kappa shape index (κ1) is 37.7. The highest BCUT2D eigenvalue weighted by Gasteiger charge is 2.24. The monoisotopic (exact) mass is 709 g/mol. The number of ketones is 1. The van der Waals surface area contributed by atoms with E-state index in [4.69, 9.17) is 5.73 Å². The van der Waals surface area contributed by atoms with E-state index in [1.807, 2.05) is 0 Å². The molecule has 0 bridgehead atoms. The third-order valence-electron chi connectivity index (χ3n) is 6.71. The van der Waals surface area contributed by atoms with Crippen molar-refractivity contribution in [1.29, 1.82) is 0 Å². The van der Waals surface area contributed by atoms with Gasteiger partial charge in [0.2, 0.25) is 20.0 Å². The number of nitrogens with zero attached hydrogens (tertiary/aromatic N) is 2. The molecule has 16 heteroatoms. The van der Waals surface area contributed by atoms with Crippen molar-refractivity contribution in [3.8, 4) is 0 Å². The van der Waals surface area contributed by atoms with E-state index in [1.165, 1.54) is 60.7 Å². The van der Waals surface area contributed by atoms with Gasteiger partial charge in [0.25, 0.3) is 0 Å². The molecule has 0 fully saturated rings. The topological polar surface area (TPSA) is 144 Å². The van der Waals surface area contributed by atoms with E-state index < -0.39 is 68.2 Å². The average molecular weight is 710 g/mol. The van der Waals surface area contributed by atoms with Gasteiger partial charge in [-0.25, -0.2) is 39.2 Å². The number of Topliss-reactive ketones (excluding diaryl/α,β-unsaturated/α-hetero) is 1. The Kier molecular flexibility index (Phi) is 12.4. The lowest BCUT2D eigenvalue weighted by Crippen LogP contribution is -2.30. The Morgan fingerprint density at radius 3 is 1.40 bits per heavy atom. The highest BCUT2D eigenvalue weighted by Crippen LogP contribution is 2.26. The van der Waals surface area contributed by atoms with Crippen LogP contribution < -0.4 is 14.3 Å². The number of hydrogen-bond donors (Lipinski definition) is 1. The molecule has 48 heavy (non-hydrogen) atoms. The third-order valence-corrected chi connectivity index (χ3v) is 8.96. The van der Waals surface area contributed by atoms with Crippen LogP contribution in [0.25, 0.3) is 0 Å². The molecule has 4 aromatic rings. The number of esters is 1.